The molecular weight excluding hydrogens is 400 g/mol. The van der Waals surface area contributed by atoms with Crippen LogP contribution in [-0.2, 0) is 10.0 Å². The topological polar surface area (TPSA) is 75.6 Å². The predicted octanol–water partition coefficient (Wildman–Crippen LogP) is 2.97. The van der Waals surface area contributed by atoms with Gasteiger partial charge in [0, 0.05) is 31.7 Å². The third-order valence-corrected chi connectivity index (χ3v) is 7.15. The van der Waals surface area contributed by atoms with Crippen LogP contribution in [0.2, 0.25) is 0 Å². The molecule has 30 heavy (non-hydrogen) atoms. The zero-order valence-electron chi connectivity index (χ0n) is 17.0. The van der Waals surface area contributed by atoms with Crippen LogP contribution in [0, 0.1) is 6.92 Å². The fourth-order valence-electron chi connectivity index (χ4n) is 3.45. The molecule has 4 rings (SSSR count). The van der Waals surface area contributed by atoms with E-state index in [1.165, 1.54) is 4.31 Å². The van der Waals surface area contributed by atoms with Crippen LogP contribution in [0.4, 0.5) is 5.82 Å². The van der Waals surface area contributed by atoms with Crippen molar-refractivity contribution >= 4 is 15.8 Å². The minimum atomic E-state index is -3.48. The van der Waals surface area contributed by atoms with Crippen molar-refractivity contribution in [3.05, 3.63) is 66.2 Å². The maximum absolute atomic E-state index is 12.9. The second-order valence-corrected chi connectivity index (χ2v) is 9.15. The summed E-state index contributed by atoms with van der Waals surface area (Å²) in [5.74, 6) is 1.51. The van der Waals surface area contributed by atoms with Crippen molar-refractivity contribution < 1.29 is 13.2 Å². The predicted molar refractivity (Wildman–Crippen MR) is 116 cm³/mol. The minimum absolute atomic E-state index is 0.337. The summed E-state index contributed by atoms with van der Waals surface area (Å²) in [6.45, 7) is 3.90. The monoisotopic (exact) mass is 424 g/mol. The number of methoxy groups -OCH3 is 1. The molecule has 1 aliphatic heterocycles. The van der Waals surface area contributed by atoms with E-state index in [4.69, 9.17) is 4.74 Å². The summed E-state index contributed by atoms with van der Waals surface area (Å²) in [7, 11) is -1.84. The van der Waals surface area contributed by atoms with E-state index in [2.05, 4.69) is 15.1 Å². The molecule has 0 amide bonds. The average Bonchev–Trinajstić information content (AvgIpc) is 2.79. The van der Waals surface area contributed by atoms with Gasteiger partial charge in [0.15, 0.2) is 5.82 Å². The molecule has 1 aromatic heterocycles. The number of hydrogen-bond donors (Lipinski definition) is 0. The maximum atomic E-state index is 12.9. The fraction of sp³-hybridized carbons (Fsp3) is 0.273. The number of hydrogen-bond acceptors (Lipinski definition) is 6. The van der Waals surface area contributed by atoms with Crippen LogP contribution in [0.3, 0.4) is 0 Å². The molecule has 0 spiro atoms. The Morgan fingerprint density at radius 2 is 1.63 bits per heavy atom. The van der Waals surface area contributed by atoms with Gasteiger partial charge in [-0.1, -0.05) is 29.8 Å². The number of aromatic nitrogens is 2. The standard InChI is InChI=1S/C22H24N4O3S/c1-17-6-8-20(9-7-17)30(27,28)26-14-12-25(13-15-26)22-11-10-21(23-24-22)18-4-3-5-19(16-18)29-2/h3-11,16H,12-15H2,1-2H3. The van der Waals surface area contributed by atoms with Crippen LogP contribution in [0.25, 0.3) is 11.3 Å². The molecule has 3 aromatic rings. The lowest BCUT2D eigenvalue weighted by Gasteiger charge is -2.34. The maximum Gasteiger partial charge on any atom is 0.243 e. The number of piperazine rings is 1. The molecule has 1 aliphatic rings. The highest BCUT2D eigenvalue weighted by Gasteiger charge is 2.29. The second-order valence-electron chi connectivity index (χ2n) is 7.21. The van der Waals surface area contributed by atoms with Crippen molar-refractivity contribution in [2.75, 3.05) is 38.2 Å². The van der Waals surface area contributed by atoms with Gasteiger partial charge < -0.3 is 9.64 Å². The average molecular weight is 425 g/mol. The Bertz CT molecular complexity index is 1110. The Morgan fingerprint density at radius 3 is 2.27 bits per heavy atom. The van der Waals surface area contributed by atoms with Crippen LogP contribution in [0.1, 0.15) is 5.56 Å². The van der Waals surface area contributed by atoms with Crippen molar-refractivity contribution in [2.24, 2.45) is 0 Å². The number of sulfonamides is 1. The highest BCUT2D eigenvalue weighted by atomic mass is 32.2. The first kappa shape index (κ1) is 20.3. The van der Waals surface area contributed by atoms with Crippen LogP contribution in [0.5, 0.6) is 5.75 Å². The second kappa shape index (κ2) is 8.41. The van der Waals surface area contributed by atoms with Gasteiger partial charge in [0.05, 0.1) is 17.7 Å². The van der Waals surface area contributed by atoms with Crippen molar-refractivity contribution in [1.82, 2.24) is 14.5 Å². The molecular formula is C22H24N4O3S. The smallest absolute Gasteiger partial charge is 0.243 e. The molecule has 1 saturated heterocycles. The molecule has 0 aliphatic carbocycles. The Hall–Kier alpha value is -2.97. The molecule has 1 fully saturated rings. The molecule has 0 saturated carbocycles. The van der Waals surface area contributed by atoms with Gasteiger partial charge in [-0.2, -0.15) is 4.31 Å². The van der Waals surface area contributed by atoms with Crippen molar-refractivity contribution in [3.63, 3.8) is 0 Å². The highest BCUT2D eigenvalue weighted by molar-refractivity contribution is 7.89. The van der Waals surface area contributed by atoms with E-state index >= 15 is 0 Å². The van der Waals surface area contributed by atoms with Gasteiger partial charge in [-0.3, -0.25) is 0 Å². The summed E-state index contributed by atoms with van der Waals surface area (Å²) in [5.41, 5.74) is 2.73. The Kier molecular flexibility index (Phi) is 5.69. The number of anilines is 1. The molecule has 0 unspecified atom stereocenters. The number of rotatable bonds is 5. The quantitative estimate of drug-likeness (QED) is 0.627. The van der Waals surface area contributed by atoms with E-state index in [0.717, 1.165) is 28.4 Å². The SMILES string of the molecule is COc1cccc(-c2ccc(N3CCN(S(=O)(=O)c4ccc(C)cc4)CC3)nn2)c1. The molecule has 2 heterocycles. The van der Waals surface area contributed by atoms with E-state index in [9.17, 15) is 8.42 Å². The van der Waals surface area contributed by atoms with Gasteiger partial charge in [0.2, 0.25) is 10.0 Å². The third-order valence-electron chi connectivity index (χ3n) is 5.24. The zero-order chi connectivity index (χ0) is 21.1. The normalized spacial score (nSPS) is 15.2. The first-order valence-corrected chi connectivity index (χ1v) is 11.2. The number of benzene rings is 2. The Balaban J connectivity index is 1.43. The lowest BCUT2D eigenvalue weighted by atomic mass is 10.1. The summed E-state index contributed by atoms with van der Waals surface area (Å²) in [6.07, 6.45) is 0. The van der Waals surface area contributed by atoms with E-state index in [0.29, 0.717) is 31.1 Å². The zero-order valence-corrected chi connectivity index (χ0v) is 17.8. The van der Waals surface area contributed by atoms with E-state index in [-0.39, 0.29) is 0 Å². The van der Waals surface area contributed by atoms with Gasteiger partial charge in [-0.25, -0.2) is 8.42 Å². The van der Waals surface area contributed by atoms with Crippen LogP contribution in [0.15, 0.2) is 65.6 Å². The van der Waals surface area contributed by atoms with Gasteiger partial charge >= 0.3 is 0 Å². The molecule has 156 valence electrons. The fourth-order valence-corrected chi connectivity index (χ4v) is 4.87. The molecule has 0 radical (unpaired) electrons. The minimum Gasteiger partial charge on any atom is -0.497 e. The third kappa shape index (κ3) is 4.15. The lowest BCUT2D eigenvalue weighted by Crippen LogP contribution is -2.49. The van der Waals surface area contributed by atoms with Crippen molar-refractivity contribution in [1.29, 1.82) is 0 Å². The lowest BCUT2D eigenvalue weighted by molar-refractivity contribution is 0.383. The molecule has 0 bridgehead atoms. The largest absolute Gasteiger partial charge is 0.497 e. The van der Waals surface area contributed by atoms with Gasteiger partial charge in [-0.15, -0.1) is 10.2 Å². The molecule has 8 heteroatoms. The van der Waals surface area contributed by atoms with E-state index in [1.54, 1.807) is 19.2 Å². The van der Waals surface area contributed by atoms with Crippen molar-refractivity contribution in [2.45, 2.75) is 11.8 Å². The van der Waals surface area contributed by atoms with Crippen LogP contribution < -0.4 is 9.64 Å². The Labute approximate surface area is 177 Å². The van der Waals surface area contributed by atoms with Gasteiger partial charge in [0.25, 0.3) is 0 Å². The number of nitrogens with zero attached hydrogens (tertiary/aromatic N) is 4. The molecule has 0 atom stereocenters. The first-order valence-electron chi connectivity index (χ1n) is 9.77. The number of aryl methyl sites for hydroxylation is 1. The summed E-state index contributed by atoms with van der Waals surface area (Å²) >= 11 is 0. The molecule has 0 N–H and O–H groups in total. The summed E-state index contributed by atoms with van der Waals surface area (Å²) in [5, 5.41) is 8.70. The first-order chi connectivity index (χ1) is 14.5. The van der Waals surface area contributed by atoms with E-state index < -0.39 is 10.0 Å². The highest BCUT2D eigenvalue weighted by Crippen LogP contribution is 2.24. The summed E-state index contributed by atoms with van der Waals surface area (Å²) < 4.78 is 32.5. The number of ether oxygens (including phenoxy) is 1. The van der Waals surface area contributed by atoms with Crippen LogP contribution in [-0.4, -0.2) is 56.2 Å². The van der Waals surface area contributed by atoms with Gasteiger partial charge in [-0.05, 0) is 43.3 Å². The van der Waals surface area contributed by atoms with Crippen LogP contribution >= 0.6 is 0 Å². The summed E-state index contributed by atoms with van der Waals surface area (Å²) in [4.78, 5) is 2.40. The van der Waals surface area contributed by atoms with Crippen molar-refractivity contribution in [3.8, 4) is 17.0 Å². The summed E-state index contributed by atoms with van der Waals surface area (Å²) in [6, 6.07) is 18.5. The van der Waals surface area contributed by atoms with E-state index in [1.807, 2.05) is 55.5 Å². The molecule has 2 aromatic carbocycles. The Morgan fingerprint density at radius 1 is 0.900 bits per heavy atom. The van der Waals surface area contributed by atoms with Gasteiger partial charge in [0.1, 0.15) is 5.75 Å². The molecule has 7 nitrogen and oxygen atoms in total.